The number of aryl methyl sites for hydroxylation is 2. The summed E-state index contributed by atoms with van der Waals surface area (Å²) in [4.78, 5) is 14.0. The van der Waals surface area contributed by atoms with E-state index in [1.165, 1.54) is 0 Å². The summed E-state index contributed by atoms with van der Waals surface area (Å²) in [6.07, 6.45) is 2.18. The number of carbonyl (C=O) groups excluding carboxylic acids is 1. The summed E-state index contributed by atoms with van der Waals surface area (Å²) in [7, 11) is 0. The van der Waals surface area contributed by atoms with Crippen molar-refractivity contribution in [2.45, 2.75) is 38.9 Å². The Hall–Kier alpha value is -1.69. The van der Waals surface area contributed by atoms with Gasteiger partial charge in [0.2, 0.25) is 5.91 Å². The lowest BCUT2D eigenvalue weighted by atomic mass is 10.0. The third-order valence-corrected chi connectivity index (χ3v) is 5.96. The molecule has 3 rings (SSSR count). The third kappa shape index (κ3) is 4.34. The van der Waals surface area contributed by atoms with Gasteiger partial charge in [-0.2, -0.15) is 0 Å². The monoisotopic (exact) mass is 390 g/mol. The highest BCUT2D eigenvalue weighted by molar-refractivity contribution is 7.91. The number of hydrogen-bond donors (Lipinski definition) is 1. The molecule has 26 heavy (non-hydrogen) atoms. The largest absolute Gasteiger partial charge is 0.593 e. The molecule has 1 aliphatic heterocycles. The van der Waals surface area contributed by atoms with Gasteiger partial charge in [0.1, 0.15) is 0 Å². The quantitative estimate of drug-likeness (QED) is 0.732. The Morgan fingerprint density at radius 3 is 2.77 bits per heavy atom. The zero-order chi connectivity index (χ0) is 18.7. The van der Waals surface area contributed by atoms with Crippen molar-refractivity contribution in [1.29, 1.82) is 0 Å². The first-order valence-electron chi connectivity index (χ1n) is 8.81. The molecule has 0 radical (unpaired) electrons. The van der Waals surface area contributed by atoms with Crippen molar-refractivity contribution < 1.29 is 9.35 Å². The van der Waals surface area contributed by atoms with Gasteiger partial charge in [0, 0.05) is 29.2 Å². The van der Waals surface area contributed by atoms with Crippen LogP contribution in [0.4, 0.5) is 11.4 Å². The van der Waals surface area contributed by atoms with E-state index in [1.54, 1.807) is 0 Å². The average molecular weight is 391 g/mol. The number of halogens is 1. The summed E-state index contributed by atoms with van der Waals surface area (Å²) < 4.78 is 15.5. The zero-order valence-corrected chi connectivity index (χ0v) is 16.6. The standard InChI is InChI=1S/C20H23ClN2O2S/c1-3-10-23-19-8-7-17(12-16(19)6-9-20(23)24)22-26(25)13-15-5-4-14(2)18(21)11-15/h4-5,7-8,11-12,22H,3,6,9-10,13H2,1-2H3. The maximum atomic E-state index is 12.5. The van der Waals surface area contributed by atoms with Crippen LogP contribution in [0.1, 0.15) is 36.5 Å². The number of amides is 1. The highest BCUT2D eigenvalue weighted by Gasteiger charge is 2.24. The lowest BCUT2D eigenvalue weighted by Gasteiger charge is -2.29. The van der Waals surface area contributed by atoms with Gasteiger partial charge in [0.25, 0.3) is 0 Å². The Morgan fingerprint density at radius 1 is 1.23 bits per heavy atom. The molecule has 2 aromatic carbocycles. The van der Waals surface area contributed by atoms with E-state index in [1.807, 2.05) is 48.2 Å². The molecule has 2 aromatic rings. The lowest BCUT2D eigenvalue weighted by Crippen LogP contribution is -2.35. The highest BCUT2D eigenvalue weighted by atomic mass is 35.5. The van der Waals surface area contributed by atoms with Crippen molar-refractivity contribution in [2.24, 2.45) is 0 Å². The molecule has 0 fully saturated rings. The van der Waals surface area contributed by atoms with E-state index < -0.39 is 11.4 Å². The first-order valence-corrected chi connectivity index (χ1v) is 10.5. The molecule has 1 unspecified atom stereocenters. The van der Waals surface area contributed by atoms with Crippen LogP contribution in [-0.4, -0.2) is 17.0 Å². The normalized spacial score (nSPS) is 14.9. The van der Waals surface area contributed by atoms with E-state index in [-0.39, 0.29) is 5.91 Å². The molecule has 1 N–H and O–H groups in total. The number of carbonyl (C=O) groups is 1. The molecular formula is C20H23ClN2O2S. The second kappa shape index (κ2) is 8.33. The molecule has 6 heteroatoms. The van der Waals surface area contributed by atoms with E-state index in [2.05, 4.69) is 11.6 Å². The van der Waals surface area contributed by atoms with Gasteiger partial charge in [-0.25, -0.2) is 4.72 Å². The number of nitrogens with one attached hydrogen (secondary N) is 1. The number of fused-ring (bicyclic) bond motifs is 1. The van der Waals surface area contributed by atoms with Crippen LogP contribution in [0.2, 0.25) is 5.02 Å². The molecule has 0 saturated carbocycles. The molecule has 0 bridgehead atoms. The van der Waals surface area contributed by atoms with Crippen molar-refractivity contribution in [3.8, 4) is 0 Å². The average Bonchev–Trinajstić information content (AvgIpc) is 2.61. The van der Waals surface area contributed by atoms with Crippen LogP contribution >= 0.6 is 11.6 Å². The van der Waals surface area contributed by atoms with Gasteiger partial charge in [-0.05, 0) is 55.2 Å². The maximum absolute atomic E-state index is 12.5. The first-order chi connectivity index (χ1) is 12.5. The van der Waals surface area contributed by atoms with Crippen molar-refractivity contribution in [2.75, 3.05) is 16.2 Å². The molecule has 1 atom stereocenters. The topological polar surface area (TPSA) is 55.4 Å². The number of hydrogen-bond acceptors (Lipinski definition) is 3. The SMILES string of the molecule is CCCN1C(=O)CCc2cc(N[S+]([O-])Cc3ccc(C)c(Cl)c3)ccc21. The van der Waals surface area contributed by atoms with Crippen molar-refractivity contribution in [3.63, 3.8) is 0 Å². The summed E-state index contributed by atoms with van der Waals surface area (Å²) in [6.45, 7) is 4.75. The third-order valence-electron chi connectivity index (χ3n) is 4.49. The smallest absolute Gasteiger partial charge is 0.227 e. The molecule has 0 aliphatic carbocycles. The van der Waals surface area contributed by atoms with Gasteiger partial charge in [-0.3, -0.25) is 4.79 Å². The lowest BCUT2D eigenvalue weighted by molar-refractivity contribution is -0.118. The minimum atomic E-state index is -1.25. The summed E-state index contributed by atoms with van der Waals surface area (Å²) in [5, 5.41) is 0.689. The Kier molecular flexibility index (Phi) is 6.12. The fourth-order valence-electron chi connectivity index (χ4n) is 3.14. The predicted octanol–water partition coefficient (Wildman–Crippen LogP) is 4.61. The fourth-order valence-corrected chi connectivity index (χ4v) is 4.28. The molecule has 1 amide bonds. The van der Waals surface area contributed by atoms with Crippen LogP contribution in [-0.2, 0) is 28.3 Å². The van der Waals surface area contributed by atoms with Gasteiger partial charge < -0.3 is 9.45 Å². The number of rotatable bonds is 6. The van der Waals surface area contributed by atoms with E-state index in [4.69, 9.17) is 11.6 Å². The second-order valence-corrected chi connectivity index (χ2v) is 8.16. The van der Waals surface area contributed by atoms with Crippen LogP contribution in [0, 0.1) is 6.92 Å². The molecule has 1 aliphatic rings. The zero-order valence-electron chi connectivity index (χ0n) is 15.0. The minimum Gasteiger partial charge on any atom is -0.593 e. The molecular weight excluding hydrogens is 368 g/mol. The number of benzene rings is 2. The van der Waals surface area contributed by atoms with Gasteiger partial charge in [-0.1, -0.05) is 30.7 Å². The van der Waals surface area contributed by atoms with Crippen LogP contribution < -0.4 is 9.62 Å². The van der Waals surface area contributed by atoms with Crippen molar-refractivity contribution in [3.05, 3.63) is 58.1 Å². The van der Waals surface area contributed by atoms with Crippen LogP contribution in [0.5, 0.6) is 0 Å². The van der Waals surface area contributed by atoms with E-state index >= 15 is 0 Å². The van der Waals surface area contributed by atoms with Crippen LogP contribution in [0.3, 0.4) is 0 Å². The van der Waals surface area contributed by atoms with E-state index in [0.717, 1.165) is 47.5 Å². The molecule has 138 valence electrons. The molecule has 0 aromatic heterocycles. The maximum Gasteiger partial charge on any atom is 0.227 e. The Bertz CT molecular complexity index is 812. The fraction of sp³-hybridized carbons (Fsp3) is 0.350. The van der Waals surface area contributed by atoms with Crippen molar-refractivity contribution in [1.82, 2.24) is 0 Å². The summed E-state index contributed by atoms with van der Waals surface area (Å²) in [5.41, 5.74) is 4.86. The number of anilines is 2. The number of nitrogens with zero attached hydrogens (tertiary/aromatic N) is 1. The minimum absolute atomic E-state index is 0.180. The molecule has 1 heterocycles. The highest BCUT2D eigenvalue weighted by Crippen LogP contribution is 2.31. The summed E-state index contributed by atoms with van der Waals surface area (Å²) in [5.74, 6) is 0.567. The molecule has 4 nitrogen and oxygen atoms in total. The van der Waals surface area contributed by atoms with Crippen molar-refractivity contribution >= 4 is 40.2 Å². The van der Waals surface area contributed by atoms with E-state index in [9.17, 15) is 9.35 Å². The van der Waals surface area contributed by atoms with Gasteiger partial charge in [0.05, 0.1) is 17.0 Å². The van der Waals surface area contributed by atoms with Gasteiger partial charge in [0.15, 0.2) is 5.75 Å². The summed E-state index contributed by atoms with van der Waals surface area (Å²) in [6, 6.07) is 11.6. The molecule has 0 spiro atoms. The van der Waals surface area contributed by atoms with Crippen LogP contribution in [0.25, 0.3) is 0 Å². The first kappa shape index (κ1) is 19.1. The molecule has 0 saturated heterocycles. The Labute approximate surface area is 162 Å². The Morgan fingerprint density at radius 2 is 2.04 bits per heavy atom. The second-order valence-electron chi connectivity index (χ2n) is 6.56. The predicted molar refractivity (Wildman–Crippen MR) is 109 cm³/mol. The van der Waals surface area contributed by atoms with E-state index in [0.29, 0.717) is 17.2 Å². The van der Waals surface area contributed by atoms with Crippen LogP contribution in [0.15, 0.2) is 36.4 Å². The summed E-state index contributed by atoms with van der Waals surface area (Å²) >= 11 is 4.89. The van der Waals surface area contributed by atoms with Gasteiger partial charge >= 0.3 is 0 Å². The Balaban J connectivity index is 1.70. The van der Waals surface area contributed by atoms with Gasteiger partial charge in [-0.15, -0.1) is 0 Å².